The van der Waals surface area contributed by atoms with Crippen molar-refractivity contribution >= 4 is 21.3 Å². The molecule has 0 saturated carbocycles. The van der Waals surface area contributed by atoms with E-state index in [-0.39, 0.29) is 5.54 Å². The van der Waals surface area contributed by atoms with Gasteiger partial charge in [0, 0.05) is 37.6 Å². The third kappa shape index (κ3) is 4.32. The highest BCUT2D eigenvalue weighted by molar-refractivity contribution is 7.92. The highest BCUT2D eigenvalue weighted by atomic mass is 32.2. The van der Waals surface area contributed by atoms with Crippen LogP contribution < -0.4 is 10.2 Å². The van der Waals surface area contributed by atoms with Crippen LogP contribution in [0.3, 0.4) is 0 Å². The second-order valence-corrected chi connectivity index (χ2v) is 9.53. The van der Waals surface area contributed by atoms with E-state index in [9.17, 15) is 21.6 Å². The summed E-state index contributed by atoms with van der Waals surface area (Å²) in [6.45, 7) is 6.09. The first-order chi connectivity index (χ1) is 13.4. The summed E-state index contributed by atoms with van der Waals surface area (Å²) in [7, 11) is -3.54. The molecule has 0 amide bonds. The Labute approximate surface area is 168 Å². The van der Waals surface area contributed by atoms with Gasteiger partial charge in [-0.1, -0.05) is 0 Å². The second kappa shape index (κ2) is 7.49. The Morgan fingerprint density at radius 1 is 1.17 bits per heavy atom. The van der Waals surface area contributed by atoms with Crippen LogP contribution in [0.25, 0.3) is 0 Å². The highest BCUT2D eigenvalue weighted by Crippen LogP contribution is 2.33. The number of anilines is 2. The summed E-state index contributed by atoms with van der Waals surface area (Å²) in [5, 5.41) is 3.01. The van der Waals surface area contributed by atoms with E-state index >= 15 is 0 Å². The van der Waals surface area contributed by atoms with Crippen molar-refractivity contribution in [3.05, 3.63) is 48.2 Å². The quantitative estimate of drug-likeness (QED) is 0.787. The van der Waals surface area contributed by atoms with E-state index in [4.69, 9.17) is 0 Å². The number of benzene rings is 1. The van der Waals surface area contributed by atoms with Gasteiger partial charge in [-0.2, -0.15) is 13.2 Å². The fourth-order valence-corrected chi connectivity index (χ4v) is 4.11. The van der Waals surface area contributed by atoms with E-state index in [1.54, 1.807) is 13.2 Å². The van der Waals surface area contributed by atoms with Gasteiger partial charge in [0.05, 0.1) is 11.6 Å². The number of pyridine rings is 1. The zero-order chi connectivity index (χ0) is 21.4. The van der Waals surface area contributed by atoms with Crippen LogP contribution in [0.1, 0.15) is 19.4 Å². The van der Waals surface area contributed by atoms with Crippen LogP contribution in [0.2, 0.25) is 0 Å². The SMILES string of the molecule is CNc1cc(CN2CN(c3ccc(S(=O)(=O)C(F)(F)F)cc3)CC2(C)C)ccn1. The average Bonchev–Trinajstić information content (AvgIpc) is 2.95. The van der Waals surface area contributed by atoms with Crippen molar-refractivity contribution in [2.24, 2.45) is 0 Å². The topological polar surface area (TPSA) is 65.5 Å². The van der Waals surface area contributed by atoms with E-state index in [1.807, 2.05) is 17.0 Å². The van der Waals surface area contributed by atoms with E-state index in [2.05, 4.69) is 29.0 Å². The van der Waals surface area contributed by atoms with E-state index in [0.29, 0.717) is 25.4 Å². The zero-order valence-electron chi connectivity index (χ0n) is 16.4. The largest absolute Gasteiger partial charge is 0.501 e. The molecule has 6 nitrogen and oxygen atoms in total. The monoisotopic (exact) mass is 428 g/mol. The maximum absolute atomic E-state index is 12.7. The van der Waals surface area contributed by atoms with Gasteiger partial charge in [-0.05, 0) is 55.8 Å². The Balaban J connectivity index is 1.77. The maximum Gasteiger partial charge on any atom is 0.501 e. The molecule has 3 rings (SSSR count). The fourth-order valence-electron chi connectivity index (χ4n) is 3.35. The molecule has 0 unspecified atom stereocenters. The third-order valence-electron chi connectivity index (χ3n) is 5.05. The van der Waals surface area contributed by atoms with Crippen LogP contribution in [-0.4, -0.2) is 49.6 Å². The Morgan fingerprint density at radius 3 is 2.41 bits per heavy atom. The molecule has 2 heterocycles. The first-order valence-corrected chi connectivity index (χ1v) is 10.5. The van der Waals surface area contributed by atoms with Crippen molar-refractivity contribution < 1.29 is 21.6 Å². The molecule has 0 aliphatic carbocycles. The molecule has 1 aromatic carbocycles. The van der Waals surface area contributed by atoms with Gasteiger partial charge in [0.2, 0.25) is 0 Å². The Bertz CT molecular complexity index is 976. The van der Waals surface area contributed by atoms with Crippen molar-refractivity contribution in [3.63, 3.8) is 0 Å². The van der Waals surface area contributed by atoms with Crippen LogP contribution in [0.4, 0.5) is 24.7 Å². The van der Waals surface area contributed by atoms with Crippen molar-refractivity contribution in [2.45, 2.75) is 36.3 Å². The number of rotatable bonds is 5. The molecule has 0 bridgehead atoms. The van der Waals surface area contributed by atoms with Crippen LogP contribution in [-0.2, 0) is 16.4 Å². The van der Waals surface area contributed by atoms with Gasteiger partial charge in [0.1, 0.15) is 5.82 Å². The van der Waals surface area contributed by atoms with Crippen LogP contribution in [0.15, 0.2) is 47.5 Å². The Hall–Kier alpha value is -2.33. The van der Waals surface area contributed by atoms with Crippen LogP contribution in [0.5, 0.6) is 0 Å². The molecule has 2 aromatic rings. The van der Waals surface area contributed by atoms with Crippen molar-refractivity contribution in [2.75, 3.05) is 30.5 Å². The third-order valence-corrected chi connectivity index (χ3v) is 6.55. The number of halogens is 3. The number of nitrogens with zero attached hydrogens (tertiary/aromatic N) is 3. The molecule has 1 saturated heterocycles. The molecule has 0 atom stereocenters. The van der Waals surface area contributed by atoms with Gasteiger partial charge in [0.25, 0.3) is 9.84 Å². The minimum absolute atomic E-state index is 0.181. The van der Waals surface area contributed by atoms with Gasteiger partial charge in [-0.3, -0.25) is 4.90 Å². The molecule has 1 aromatic heterocycles. The van der Waals surface area contributed by atoms with Crippen LogP contribution in [0, 0.1) is 0 Å². The minimum atomic E-state index is -5.34. The van der Waals surface area contributed by atoms with Gasteiger partial charge in [-0.25, -0.2) is 13.4 Å². The standard InChI is InChI=1S/C19H23F3N4O2S/c1-18(2)12-25(13-26(18)11-14-8-9-24-17(10-14)23-3)15-4-6-16(7-5-15)29(27,28)19(20,21)22/h4-10H,11-13H2,1-3H3,(H,23,24). The second-order valence-electron chi connectivity index (χ2n) is 7.59. The number of alkyl halides is 3. The molecule has 1 fully saturated rings. The summed E-state index contributed by atoms with van der Waals surface area (Å²) in [4.78, 5) is 7.73. The lowest BCUT2D eigenvalue weighted by molar-refractivity contribution is -0.0436. The molecular weight excluding hydrogens is 405 g/mol. The average molecular weight is 428 g/mol. The number of sulfone groups is 1. The molecule has 1 aliphatic rings. The van der Waals surface area contributed by atoms with Gasteiger partial charge < -0.3 is 10.2 Å². The van der Waals surface area contributed by atoms with Gasteiger partial charge in [0.15, 0.2) is 0 Å². The smallest absolute Gasteiger partial charge is 0.373 e. The normalized spacial score (nSPS) is 17.5. The first kappa shape index (κ1) is 21.4. The summed E-state index contributed by atoms with van der Waals surface area (Å²) in [6, 6.07) is 8.77. The van der Waals surface area contributed by atoms with Gasteiger partial charge in [-0.15, -0.1) is 0 Å². The molecule has 1 N–H and O–H groups in total. The Kier molecular flexibility index (Phi) is 5.52. The molecule has 158 valence electrons. The maximum atomic E-state index is 12.7. The van der Waals surface area contributed by atoms with Crippen molar-refractivity contribution in [3.8, 4) is 0 Å². The van der Waals surface area contributed by atoms with E-state index in [1.165, 1.54) is 12.1 Å². The fraction of sp³-hybridized carbons (Fsp3) is 0.421. The number of aromatic nitrogens is 1. The molecule has 1 aliphatic heterocycles. The number of hydrogen-bond acceptors (Lipinski definition) is 6. The molecule has 0 radical (unpaired) electrons. The minimum Gasteiger partial charge on any atom is -0.373 e. The predicted molar refractivity (Wildman–Crippen MR) is 105 cm³/mol. The summed E-state index contributed by atoms with van der Waals surface area (Å²) in [5.41, 5.74) is -3.73. The lowest BCUT2D eigenvalue weighted by Crippen LogP contribution is -2.39. The summed E-state index contributed by atoms with van der Waals surface area (Å²) >= 11 is 0. The highest BCUT2D eigenvalue weighted by Gasteiger charge is 2.47. The lowest BCUT2D eigenvalue weighted by atomic mass is 10.0. The summed E-state index contributed by atoms with van der Waals surface area (Å²) in [6.07, 6.45) is 1.74. The zero-order valence-corrected chi connectivity index (χ0v) is 17.2. The molecule has 10 heteroatoms. The lowest BCUT2D eigenvalue weighted by Gasteiger charge is -2.29. The number of hydrogen-bond donors (Lipinski definition) is 1. The summed E-state index contributed by atoms with van der Waals surface area (Å²) < 4.78 is 61.2. The molecular formula is C19H23F3N4O2S. The van der Waals surface area contributed by atoms with Crippen molar-refractivity contribution in [1.82, 2.24) is 9.88 Å². The Morgan fingerprint density at radius 2 is 1.83 bits per heavy atom. The van der Waals surface area contributed by atoms with Crippen molar-refractivity contribution in [1.29, 1.82) is 0 Å². The summed E-state index contributed by atoms with van der Waals surface area (Å²) in [5.74, 6) is 0.776. The predicted octanol–water partition coefficient (Wildman–Crippen LogP) is 3.48. The van der Waals surface area contributed by atoms with E-state index < -0.39 is 20.2 Å². The van der Waals surface area contributed by atoms with Crippen LogP contribution >= 0.6 is 0 Å². The molecule has 29 heavy (non-hydrogen) atoms. The van der Waals surface area contributed by atoms with Gasteiger partial charge >= 0.3 is 5.51 Å². The van der Waals surface area contributed by atoms with E-state index in [0.717, 1.165) is 23.5 Å². The number of nitrogens with one attached hydrogen (secondary N) is 1. The first-order valence-electron chi connectivity index (χ1n) is 8.98. The molecule has 0 spiro atoms.